The highest BCUT2D eigenvalue weighted by Gasteiger charge is 2.22. The number of aryl methyl sites for hydroxylation is 1. The van der Waals surface area contributed by atoms with E-state index in [0.717, 1.165) is 5.69 Å². The van der Waals surface area contributed by atoms with Crippen molar-refractivity contribution >= 4 is 11.8 Å². The minimum atomic E-state index is 0.0896. The molecule has 16 heavy (non-hydrogen) atoms. The van der Waals surface area contributed by atoms with Gasteiger partial charge in [-0.05, 0) is 45.1 Å². The van der Waals surface area contributed by atoms with E-state index in [2.05, 4.69) is 35.4 Å². The van der Waals surface area contributed by atoms with Gasteiger partial charge in [0, 0.05) is 17.3 Å². The van der Waals surface area contributed by atoms with Crippen molar-refractivity contribution < 1.29 is 0 Å². The summed E-state index contributed by atoms with van der Waals surface area (Å²) in [6.45, 7) is 6.26. The van der Waals surface area contributed by atoms with Gasteiger partial charge in [-0.1, -0.05) is 0 Å². The number of thioether (sulfide) groups is 1. The summed E-state index contributed by atoms with van der Waals surface area (Å²) < 4.78 is 2.22. The molecule has 0 saturated carbocycles. The van der Waals surface area contributed by atoms with Gasteiger partial charge in [-0.15, -0.1) is 0 Å². The summed E-state index contributed by atoms with van der Waals surface area (Å²) in [5.41, 5.74) is 9.61. The van der Waals surface area contributed by atoms with Crippen molar-refractivity contribution in [1.29, 1.82) is 0 Å². The van der Waals surface area contributed by atoms with Gasteiger partial charge in [-0.3, -0.25) is 4.68 Å². The van der Waals surface area contributed by atoms with Gasteiger partial charge in [-0.2, -0.15) is 16.9 Å². The summed E-state index contributed by atoms with van der Waals surface area (Å²) >= 11 is 2.05. The number of hydrogen-bond acceptors (Lipinski definition) is 3. The zero-order valence-corrected chi connectivity index (χ0v) is 11.2. The van der Waals surface area contributed by atoms with Crippen LogP contribution in [0.3, 0.4) is 0 Å². The Morgan fingerprint density at radius 2 is 2.00 bits per heavy atom. The Morgan fingerprint density at radius 3 is 2.50 bits per heavy atom. The fraction of sp³-hybridized carbons (Fsp3) is 0.750. The standard InChI is InChI=1S/C12H21N3S/c1-8(13)12-9(2)14-15(10(12)3)11-4-6-16-7-5-11/h8,11H,4-7,13H2,1-3H3. The summed E-state index contributed by atoms with van der Waals surface area (Å²) in [6, 6.07) is 0.680. The van der Waals surface area contributed by atoms with Crippen molar-refractivity contribution in [3.05, 3.63) is 17.0 Å². The Morgan fingerprint density at radius 1 is 1.38 bits per heavy atom. The molecule has 1 atom stereocenters. The molecule has 0 bridgehead atoms. The first-order valence-electron chi connectivity index (χ1n) is 6.00. The van der Waals surface area contributed by atoms with Crippen molar-refractivity contribution in [2.75, 3.05) is 11.5 Å². The minimum Gasteiger partial charge on any atom is -0.324 e. The van der Waals surface area contributed by atoms with E-state index in [1.165, 1.54) is 35.6 Å². The van der Waals surface area contributed by atoms with Gasteiger partial charge in [0.25, 0.3) is 0 Å². The zero-order valence-electron chi connectivity index (χ0n) is 10.4. The molecule has 1 aromatic rings. The van der Waals surface area contributed by atoms with Crippen LogP contribution in [0.4, 0.5) is 0 Å². The molecule has 2 heterocycles. The molecule has 0 spiro atoms. The molecule has 1 unspecified atom stereocenters. The van der Waals surface area contributed by atoms with Gasteiger partial charge in [-0.25, -0.2) is 0 Å². The predicted molar refractivity (Wildman–Crippen MR) is 69.9 cm³/mol. The first kappa shape index (κ1) is 12.0. The van der Waals surface area contributed by atoms with Crippen molar-refractivity contribution in [3.8, 4) is 0 Å². The maximum absolute atomic E-state index is 6.00. The average Bonchev–Trinajstić information content (AvgIpc) is 2.55. The van der Waals surface area contributed by atoms with E-state index in [4.69, 9.17) is 5.73 Å². The van der Waals surface area contributed by atoms with Gasteiger partial charge >= 0.3 is 0 Å². The lowest BCUT2D eigenvalue weighted by atomic mass is 10.1. The summed E-state index contributed by atoms with van der Waals surface area (Å²) in [7, 11) is 0. The molecule has 0 amide bonds. The lowest BCUT2D eigenvalue weighted by Crippen LogP contribution is -2.18. The number of hydrogen-bond donors (Lipinski definition) is 1. The van der Waals surface area contributed by atoms with Gasteiger partial charge in [0.15, 0.2) is 0 Å². The predicted octanol–water partition coefficient (Wildman–Crippen LogP) is 2.59. The van der Waals surface area contributed by atoms with E-state index in [1.807, 2.05) is 6.92 Å². The molecule has 90 valence electrons. The zero-order chi connectivity index (χ0) is 11.7. The van der Waals surface area contributed by atoms with E-state index in [9.17, 15) is 0 Å². The Hall–Kier alpha value is -0.480. The van der Waals surface area contributed by atoms with Crippen LogP contribution in [0, 0.1) is 13.8 Å². The molecule has 1 aliphatic rings. The third kappa shape index (κ3) is 2.13. The molecule has 0 aromatic carbocycles. The van der Waals surface area contributed by atoms with E-state index in [1.54, 1.807) is 0 Å². The topological polar surface area (TPSA) is 43.8 Å². The van der Waals surface area contributed by atoms with Crippen LogP contribution in [0.25, 0.3) is 0 Å². The average molecular weight is 239 g/mol. The van der Waals surface area contributed by atoms with Crippen LogP contribution in [0.1, 0.15) is 48.8 Å². The monoisotopic (exact) mass is 239 g/mol. The molecule has 4 heteroatoms. The molecule has 2 N–H and O–H groups in total. The summed E-state index contributed by atoms with van der Waals surface area (Å²) in [5, 5.41) is 4.68. The van der Waals surface area contributed by atoms with Gasteiger partial charge in [0.2, 0.25) is 0 Å². The smallest absolute Gasteiger partial charge is 0.0644 e. The summed E-state index contributed by atoms with van der Waals surface area (Å²) in [5.74, 6) is 2.52. The first-order chi connectivity index (χ1) is 7.61. The van der Waals surface area contributed by atoms with E-state index in [-0.39, 0.29) is 6.04 Å². The van der Waals surface area contributed by atoms with E-state index < -0.39 is 0 Å². The van der Waals surface area contributed by atoms with Gasteiger partial charge in [0.1, 0.15) is 0 Å². The Kier molecular flexibility index (Phi) is 3.60. The minimum absolute atomic E-state index is 0.0896. The lowest BCUT2D eigenvalue weighted by Gasteiger charge is -2.23. The van der Waals surface area contributed by atoms with Crippen LogP contribution < -0.4 is 5.73 Å². The maximum Gasteiger partial charge on any atom is 0.0644 e. The third-order valence-electron chi connectivity index (χ3n) is 3.37. The van der Waals surface area contributed by atoms with Crippen molar-refractivity contribution in [2.24, 2.45) is 5.73 Å². The second-order valence-electron chi connectivity index (χ2n) is 4.66. The third-order valence-corrected chi connectivity index (χ3v) is 4.42. The first-order valence-corrected chi connectivity index (χ1v) is 7.15. The Labute approximate surface area is 102 Å². The highest BCUT2D eigenvalue weighted by molar-refractivity contribution is 7.99. The van der Waals surface area contributed by atoms with Crippen LogP contribution in [0.5, 0.6) is 0 Å². The van der Waals surface area contributed by atoms with Crippen LogP contribution in [-0.4, -0.2) is 21.3 Å². The number of nitrogens with two attached hydrogens (primary N) is 1. The van der Waals surface area contributed by atoms with Crippen LogP contribution >= 0.6 is 11.8 Å². The lowest BCUT2D eigenvalue weighted by molar-refractivity contribution is 0.416. The fourth-order valence-corrected chi connectivity index (χ4v) is 3.70. The van der Waals surface area contributed by atoms with Crippen molar-refractivity contribution in [1.82, 2.24) is 9.78 Å². The van der Waals surface area contributed by atoms with Crippen LogP contribution in [0.2, 0.25) is 0 Å². The molecular weight excluding hydrogens is 218 g/mol. The van der Waals surface area contributed by atoms with Gasteiger partial charge < -0.3 is 5.73 Å². The second-order valence-corrected chi connectivity index (χ2v) is 5.89. The normalized spacial score (nSPS) is 20.0. The van der Waals surface area contributed by atoms with E-state index >= 15 is 0 Å². The number of nitrogens with zero attached hydrogens (tertiary/aromatic N) is 2. The summed E-state index contributed by atoms with van der Waals surface area (Å²) in [6.07, 6.45) is 2.48. The highest BCUT2D eigenvalue weighted by atomic mass is 32.2. The van der Waals surface area contributed by atoms with Crippen LogP contribution in [-0.2, 0) is 0 Å². The van der Waals surface area contributed by atoms with Crippen molar-refractivity contribution in [2.45, 2.75) is 45.7 Å². The molecule has 0 aliphatic carbocycles. The maximum atomic E-state index is 6.00. The van der Waals surface area contributed by atoms with Gasteiger partial charge in [0.05, 0.1) is 11.7 Å². The summed E-state index contributed by atoms with van der Waals surface area (Å²) in [4.78, 5) is 0. The molecule has 1 fully saturated rings. The van der Waals surface area contributed by atoms with Crippen molar-refractivity contribution in [3.63, 3.8) is 0 Å². The molecule has 0 radical (unpaired) electrons. The molecule has 3 nitrogen and oxygen atoms in total. The number of aromatic nitrogens is 2. The largest absolute Gasteiger partial charge is 0.324 e. The quantitative estimate of drug-likeness (QED) is 0.862. The van der Waals surface area contributed by atoms with E-state index in [0.29, 0.717) is 6.04 Å². The van der Waals surface area contributed by atoms with Crippen LogP contribution in [0.15, 0.2) is 0 Å². The molecule has 2 rings (SSSR count). The molecular formula is C12H21N3S. The molecule has 1 aliphatic heterocycles. The molecule has 1 aromatic heterocycles. The Bertz CT molecular complexity index is 365. The Balaban J connectivity index is 2.30. The SMILES string of the molecule is Cc1nn(C2CCSCC2)c(C)c1C(C)N. The fourth-order valence-electron chi connectivity index (χ4n) is 2.62. The number of rotatable bonds is 2. The highest BCUT2D eigenvalue weighted by Crippen LogP contribution is 2.30. The molecule has 1 saturated heterocycles. The second kappa shape index (κ2) is 4.80.